The molecule has 0 spiro atoms. The van der Waals surface area contributed by atoms with E-state index in [1.165, 1.54) is 19.6 Å². The van der Waals surface area contributed by atoms with Crippen LogP contribution in [0.4, 0.5) is 0 Å². The Morgan fingerprint density at radius 1 is 1.17 bits per heavy atom. The highest BCUT2D eigenvalue weighted by atomic mass is 16.5. The molecule has 2 fully saturated rings. The predicted molar refractivity (Wildman–Crippen MR) is 72.7 cm³/mol. The van der Waals surface area contributed by atoms with E-state index in [-0.39, 0.29) is 6.10 Å². The van der Waals surface area contributed by atoms with Crippen LogP contribution in [0.3, 0.4) is 0 Å². The van der Waals surface area contributed by atoms with Crippen LogP contribution in [0, 0.1) is 11.8 Å². The Labute approximate surface area is 111 Å². The molecule has 0 aromatic rings. The number of nitrogens with zero attached hydrogens (tertiary/aromatic N) is 2. The highest BCUT2D eigenvalue weighted by Crippen LogP contribution is 2.17. The first-order valence-electron chi connectivity index (χ1n) is 7.35. The Hall–Kier alpha value is -0.160. The van der Waals surface area contributed by atoms with Crippen LogP contribution < -0.4 is 0 Å². The van der Waals surface area contributed by atoms with Crippen LogP contribution in [0.1, 0.15) is 20.3 Å². The Balaban J connectivity index is 1.69. The minimum atomic E-state index is -0.160. The summed E-state index contributed by atoms with van der Waals surface area (Å²) in [6.07, 6.45) is 0.644. The van der Waals surface area contributed by atoms with E-state index in [1.54, 1.807) is 0 Å². The third-order valence-corrected chi connectivity index (χ3v) is 4.01. The summed E-state index contributed by atoms with van der Waals surface area (Å²) >= 11 is 0. The van der Waals surface area contributed by atoms with Crippen LogP contribution in [-0.2, 0) is 4.74 Å². The first kappa shape index (κ1) is 14.3. The lowest BCUT2D eigenvalue weighted by molar-refractivity contribution is -0.0504. The molecule has 0 aromatic carbocycles. The standard InChI is InChI=1S/C14H28N2O2/c1-12(2)9-15-4-6-16(7-5-15)10-13-11-18-8-3-14(13)17/h12-14,17H,3-11H2,1-2H3. The van der Waals surface area contributed by atoms with E-state index < -0.39 is 0 Å². The van der Waals surface area contributed by atoms with Gasteiger partial charge in [-0.05, 0) is 12.3 Å². The summed E-state index contributed by atoms with van der Waals surface area (Å²) in [6, 6.07) is 0. The predicted octanol–water partition coefficient (Wildman–Crippen LogP) is 0.657. The molecule has 2 heterocycles. The van der Waals surface area contributed by atoms with Crippen molar-refractivity contribution in [3.05, 3.63) is 0 Å². The zero-order chi connectivity index (χ0) is 13.0. The van der Waals surface area contributed by atoms with E-state index in [2.05, 4.69) is 23.6 Å². The van der Waals surface area contributed by atoms with Gasteiger partial charge in [-0.25, -0.2) is 0 Å². The maximum atomic E-state index is 9.95. The molecule has 2 aliphatic heterocycles. The molecular weight excluding hydrogens is 228 g/mol. The van der Waals surface area contributed by atoms with Gasteiger partial charge in [0.15, 0.2) is 0 Å². The lowest BCUT2D eigenvalue weighted by atomic mass is 9.98. The fourth-order valence-electron chi connectivity index (χ4n) is 2.96. The van der Waals surface area contributed by atoms with Crippen molar-refractivity contribution in [1.29, 1.82) is 0 Å². The van der Waals surface area contributed by atoms with E-state index in [0.717, 1.165) is 45.2 Å². The molecule has 106 valence electrons. The van der Waals surface area contributed by atoms with Crippen LogP contribution in [-0.4, -0.2) is 73.5 Å². The average Bonchev–Trinajstić information content (AvgIpc) is 2.34. The number of hydrogen-bond acceptors (Lipinski definition) is 4. The van der Waals surface area contributed by atoms with Crippen molar-refractivity contribution in [3.63, 3.8) is 0 Å². The monoisotopic (exact) mass is 256 g/mol. The largest absolute Gasteiger partial charge is 0.393 e. The Kier molecular flexibility index (Phi) is 5.42. The van der Waals surface area contributed by atoms with Crippen molar-refractivity contribution < 1.29 is 9.84 Å². The number of aliphatic hydroxyl groups excluding tert-OH is 1. The van der Waals surface area contributed by atoms with Crippen molar-refractivity contribution >= 4 is 0 Å². The summed E-state index contributed by atoms with van der Waals surface area (Å²) in [7, 11) is 0. The van der Waals surface area contributed by atoms with Gasteiger partial charge in [-0.1, -0.05) is 13.8 Å². The third-order valence-electron chi connectivity index (χ3n) is 4.01. The van der Waals surface area contributed by atoms with Gasteiger partial charge in [-0.2, -0.15) is 0 Å². The quantitative estimate of drug-likeness (QED) is 0.801. The van der Waals surface area contributed by atoms with Crippen molar-refractivity contribution in [1.82, 2.24) is 9.80 Å². The van der Waals surface area contributed by atoms with E-state index in [1.807, 2.05) is 0 Å². The molecule has 2 atom stereocenters. The molecule has 18 heavy (non-hydrogen) atoms. The Bertz CT molecular complexity index is 240. The molecule has 1 N–H and O–H groups in total. The molecule has 2 unspecified atom stereocenters. The molecular formula is C14H28N2O2. The molecule has 4 nitrogen and oxygen atoms in total. The molecule has 0 aromatic heterocycles. The molecule has 0 radical (unpaired) electrons. The second-order valence-corrected chi connectivity index (χ2v) is 6.19. The summed E-state index contributed by atoms with van der Waals surface area (Å²) in [4.78, 5) is 5.04. The molecule has 2 aliphatic rings. The zero-order valence-corrected chi connectivity index (χ0v) is 11.8. The molecule has 0 saturated carbocycles. The maximum absolute atomic E-state index is 9.95. The molecule has 0 aliphatic carbocycles. The van der Waals surface area contributed by atoms with Crippen LogP contribution in [0.15, 0.2) is 0 Å². The topological polar surface area (TPSA) is 35.9 Å². The lowest BCUT2D eigenvalue weighted by Crippen LogP contribution is -2.50. The zero-order valence-electron chi connectivity index (χ0n) is 11.8. The van der Waals surface area contributed by atoms with Crippen molar-refractivity contribution in [2.24, 2.45) is 11.8 Å². The van der Waals surface area contributed by atoms with E-state index in [0.29, 0.717) is 5.92 Å². The first-order valence-corrected chi connectivity index (χ1v) is 7.35. The summed E-state index contributed by atoms with van der Waals surface area (Å²) in [6.45, 7) is 12.8. The average molecular weight is 256 g/mol. The molecule has 4 heteroatoms. The molecule has 0 bridgehead atoms. The van der Waals surface area contributed by atoms with Crippen molar-refractivity contribution in [3.8, 4) is 0 Å². The van der Waals surface area contributed by atoms with Gasteiger partial charge in [0.25, 0.3) is 0 Å². The fourth-order valence-corrected chi connectivity index (χ4v) is 2.96. The second kappa shape index (κ2) is 6.85. The summed E-state index contributed by atoms with van der Waals surface area (Å²) in [5, 5.41) is 9.95. The van der Waals surface area contributed by atoms with E-state index >= 15 is 0 Å². The van der Waals surface area contributed by atoms with Crippen LogP contribution in [0.5, 0.6) is 0 Å². The highest BCUT2D eigenvalue weighted by molar-refractivity contribution is 4.79. The minimum Gasteiger partial charge on any atom is -0.393 e. The molecule has 2 saturated heterocycles. The maximum Gasteiger partial charge on any atom is 0.0624 e. The van der Waals surface area contributed by atoms with Crippen LogP contribution in [0.2, 0.25) is 0 Å². The summed E-state index contributed by atoms with van der Waals surface area (Å²) in [5.74, 6) is 1.07. The number of ether oxygens (including phenoxy) is 1. The van der Waals surface area contributed by atoms with E-state index in [4.69, 9.17) is 4.74 Å². The van der Waals surface area contributed by atoms with Gasteiger partial charge in [0.05, 0.1) is 12.7 Å². The first-order chi connectivity index (χ1) is 8.65. The third kappa shape index (κ3) is 4.19. The van der Waals surface area contributed by atoms with Gasteiger partial charge in [-0.15, -0.1) is 0 Å². The Morgan fingerprint density at radius 2 is 1.83 bits per heavy atom. The second-order valence-electron chi connectivity index (χ2n) is 6.19. The minimum absolute atomic E-state index is 0.160. The van der Waals surface area contributed by atoms with Gasteiger partial charge in [0, 0.05) is 51.8 Å². The van der Waals surface area contributed by atoms with Gasteiger partial charge in [0.2, 0.25) is 0 Å². The van der Waals surface area contributed by atoms with Gasteiger partial charge >= 0.3 is 0 Å². The van der Waals surface area contributed by atoms with Crippen LogP contribution in [0.25, 0.3) is 0 Å². The number of aliphatic hydroxyl groups is 1. The number of piperazine rings is 1. The SMILES string of the molecule is CC(C)CN1CCN(CC2COCCC2O)CC1. The van der Waals surface area contributed by atoms with Gasteiger partial charge in [-0.3, -0.25) is 0 Å². The Morgan fingerprint density at radius 3 is 2.44 bits per heavy atom. The van der Waals surface area contributed by atoms with Crippen molar-refractivity contribution in [2.45, 2.75) is 26.4 Å². The normalized spacial score (nSPS) is 32.0. The summed E-state index contributed by atoms with van der Waals surface area (Å²) in [5.41, 5.74) is 0. The van der Waals surface area contributed by atoms with Gasteiger partial charge < -0.3 is 19.6 Å². The van der Waals surface area contributed by atoms with Gasteiger partial charge in [0.1, 0.15) is 0 Å². The lowest BCUT2D eigenvalue weighted by Gasteiger charge is -2.38. The van der Waals surface area contributed by atoms with Crippen LogP contribution >= 0.6 is 0 Å². The summed E-state index contributed by atoms with van der Waals surface area (Å²) < 4.78 is 5.47. The molecule has 0 amide bonds. The number of rotatable bonds is 4. The smallest absolute Gasteiger partial charge is 0.0624 e. The number of hydrogen-bond donors (Lipinski definition) is 1. The fraction of sp³-hybridized carbons (Fsp3) is 1.00. The van der Waals surface area contributed by atoms with E-state index in [9.17, 15) is 5.11 Å². The van der Waals surface area contributed by atoms with Crippen molar-refractivity contribution in [2.75, 3.05) is 52.5 Å². The molecule has 2 rings (SSSR count). The highest BCUT2D eigenvalue weighted by Gasteiger charge is 2.27.